The third-order valence-electron chi connectivity index (χ3n) is 18.1. The maximum absolute atomic E-state index is 13.6. The molecule has 89 heavy (non-hydrogen) atoms. The van der Waals surface area contributed by atoms with Crippen LogP contribution in [0.5, 0.6) is 17.5 Å². The van der Waals surface area contributed by atoms with E-state index in [0.29, 0.717) is 100 Å². The quantitative estimate of drug-likeness (QED) is 0.0577. The molecule has 5 aliphatic heterocycles. The van der Waals surface area contributed by atoms with Gasteiger partial charge in [-0.3, -0.25) is 28.9 Å². The van der Waals surface area contributed by atoms with Crippen molar-refractivity contribution in [3.63, 3.8) is 0 Å². The number of aliphatic hydroxyl groups is 1. The third kappa shape index (κ3) is 14.5. The smallest absolute Gasteiger partial charge is 0.405 e. The van der Waals surface area contributed by atoms with Crippen LogP contribution in [0.15, 0.2) is 85.5 Å². The van der Waals surface area contributed by atoms with E-state index < -0.39 is 30.7 Å². The molecule has 0 spiro atoms. The van der Waals surface area contributed by atoms with E-state index in [9.17, 15) is 43.3 Å². The van der Waals surface area contributed by atoms with Gasteiger partial charge in [0.2, 0.25) is 11.7 Å². The Hall–Kier alpha value is -7.63. The number of phenolic OH excluding ortho intramolecular Hbond substituents is 2. The molecule has 472 valence electrons. The Bertz CT molecular complexity index is 3550. The molecule has 11 rings (SSSR count). The number of ether oxygens (including phenoxy) is 2. The number of piperidine rings is 1. The van der Waals surface area contributed by atoms with Crippen molar-refractivity contribution < 1.29 is 47.6 Å². The fourth-order valence-corrected chi connectivity index (χ4v) is 13.4. The summed E-state index contributed by atoms with van der Waals surface area (Å²) in [5.41, 5.74) is 4.96. The standard InChI is InChI=1S/C64H76ClF3N14O7/c1-4-43-30-50(55(84)32-54(43)83)60-73-74-61(62(87)70-40-64(66,67)68)82(60)45-14-12-41(13-15-45)33-76-24-26-77(27-25-76)34-42-17-21-78(22-18-42)57(86)39-88-48-31-47(75(3)36-48)38-89-63-71-52-37-79(53-11-7-9-44-8-6-10-51(65)58(44)53)23-19-49(52)59(72-63)80-28-29-81(56(85)5-2)46(35-80)16-20-69/h5-15,30,32,42,46-48,56,83-85H,2,4,16-19,21-29,31,33-40H2,1,3H3,(H,70,87)/t46-,47-,48+,56?/m0/s1. The first-order valence-corrected chi connectivity index (χ1v) is 30.9. The highest BCUT2D eigenvalue weighted by Gasteiger charge is 2.37. The van der Waals surface area contributed by atoms with Crippen molar-refractivity contribution >= 4 is 45.7 Å². The summed E-state index contributed by atoms with van der Waals surface area (Å²) in [7, 11) is 2.04. The Labute approximate surface area is 520 Å². The largest absolute Gasteiger partial charge is 0.508 e. The lowest BCUT2D eigenvalue weighted by Gasteiger charge is -2.43. The lowest BCUT2D eigenvalue weighted by molar-refractivity contribution is -0.139. The average Bonchev–Trinajstić information content (AvgIpc) is 1.84. The zero-order chi connectivity index (χ0) is 62.5. The molecule has 21 nitrogen and oxygen atoms in total. The SMILES string of the molecule is C=CC(O)N1CCN(c2nc(OC[C@@H]3C[C@@H](OCC(=O)N4CCC(CN5CCN(Cc6ccc(-n7c(C(=O)NCC(F)(F)F)nnc7-c7cc(CC)c(O)cc7O)cc6)CC5)CC4)CN3C)nc3c2CCN(c2cccc4cccc(Cl)c24)C3)C[C@@H]1CC#N. The number of fused-ring (bicyclic) bond motifs is 2. The van der Waals surface area contributed by atoms with Crippen molar-refractivity contribution in [3.05, 3.63) is 119 Å². The fraction of sp³-hybridized carbons (Fsp3) is 0.484. The molecule has 2 aromatic heterocycles. The number of anilines is 2. The number of phenols is 2. The van der Waals surface area contributed by atoms with Crippen LogP contribution in [0.25, 0.3) is 27.8 Å². The van der Waals surface area contributed by atoms with E-state index in [1.165, 1.54) is 16.7 Å². The number of aryl methyl sites for hydroxylation is 1. The predicted octanol–water partition coefficient (Wildman–Crippen LogP) is 6.79. The minimum atomic E-state index is -4.65. The van der Waals surface area contributed by atoms with E-state index in [1.54, 1.807) is 12.1 Å². The second kappa shape index (κ2) is 27.6. The van der Waals surface area contributed by atoms with Crippen molar-refractivity contribution in [3.8, 4) is 40.7 Å². The summed E-state index contributed by atoms with van der Waals surface area (Å²) >= 11 is 6.82. The molecule has 4 N–H and O–H groups in total. The second-order valence-corrected chi connectivity index (χ2v) is 24.3. The minimum absolute atomic E-state index is 0.00435. The number of hydrogen-bond acceptors (Lipinski definition) is 18. The summed E-state index contributed by atoms with van der Waals surface area (Å²) in [5, 5.41) is 54.4. The summed E-state index contributed by atoms with van der Waals surface area (Å²) in [5.74, 6) is -0.700. The van der Waals surface area contributed by atoms with Crippen molar-refractivity contribution in [1.29, 1.82) is 5.26 Å². The number of hydrogen-bond donors (Lipinski definition) is 4. The Morgan fingerprint density at radius 1 is 0.910 bits per heavy atom. The number of likely N-dealkylation sites (tertiary alicyclic amines) is 2. The summed E-state index contributed by atoms with van der Waals surface area (Å²) in [6.45, 7) is 14.3. The number of nitriles is 1. The maximum Gasteiger partial charge on any atom is 0.405 e. The van der Waals surface area contributed by atoms with Gasteiger partial charge in [-0.15, -0.1) is 10.2 Å². The number of nitrogens with zero attached hydrogens (tertiary/aromatic N) is 13. The highest BCUT2D eigenvalue weighted by molar-refractivity contribution is 6.36. The molecule has 4 fully saturated rings. The van der Waals surface area contributed by atoms with Crippen LogP contribution in [0.3, 0.4) is 0 Å². The molecule has 1 unspecified atom stereocenters. The molecule has 6 aromatic rings. The average molecular weight is 1250 g/mol. The van der Waals surface area contributed by atoms with E-state index in [2.05, 4.69) is 65.5 Å². The van der Waals surface area contributed by atoms with Gasteiger partial charge in [-0.25, -0.2) is 0 Å². The fourth-order valence-electron chi connectivity index (χ4n) is 13.2. The number of aliphatic hydroxyl groups excluding tert-OH is 1. The van der Waals surface area contributed by atoms with Gasteiger partial charge >= 0.3 is 12.2 Å². The lowest BCUT2D eigenvalue weighted by atomic mass is 9.96. The molecule has 5 aliphatic rings. The molecule has 4 aromatic carbocycles. The van der Waals surface area contributed by atoms with Crippen LogP contribution in [0, 0.1) is 17.2 Å². The number of rotatable bonds is 20. The molecular weight excluding hydrogens is 1170 g/mol. The van der Waals surface area contributed by atoms with Gasteiger partial charge in [0, 0.05) is 126 Å². The predicted molar refractivity (Wildman–Crippen MR) is 330 cm³/mol. The van der Waals surface area contributed by atoms with Crippen LogP contribution in [0.4, 0.5) is 24.7 Å². The zero-order valence-corrected chi connectivity index (χ0v) is 50.9. The van der Waals surface area contributed by atoms with E-state index in [-0.39, 0.29) is 66.0 Å². The number of carbonyl (C=O) groups excluding carboxylic acids is 2. The summed E-state index contributed by atoms with van der Waals surface area (Å²) in [6, 6.07) is 24.4. The normalized spacial score (nSPS) is 20.4. The molecule has 2 amide bonds. The summed E-state index contributed by atoms with van der Waals surface area (Å²) < 4.78 is 53.5. The monoisotopic (exact) mass is 1240 g/mol. The van der Waals surface area contributed by atoms with Gasteiger partial charge in [-0.05, 0) is 98.0 Å². The number of nitrogens with one attached hydrogen (secondary N) is 1. The third-order valence-corrected chi connectivity index (χ3v) is 18.4. The highest BCUT2D eigenvalue weighted by atomic mass is 35.5. The number of aromatic nitrogens is 5. The van der Waals surface area contributed by atoms with Gasteiger partial charge in [0.1, 0.15) is 43.3 Å². The number of carbonyl (C=O) groups is 2. The number of piperazine rings is 2. The van der Waals surface area contributed by atoms with Gasteiger partial charge in [0.25, 0.3) is 5.91 Å². The number of aromatic hydroxyl groups is 2. The van der Waals surface area contributed by atoms with Crippen molar-refractivity contribution in [2.24, 2.45) is 5.92 Å². The first kappa shape index (κ1) is 63.0. The van der Waals surface area contributed by atoms with Crippen molar-refractivity contribution in [1.82, 2.24) is 54.5 Å². The van der Waals surface area contributed by atoms with Crippen molar-refractivity contribution in [2.45, 2.75) is 89.1 Å². The molecule has 4 atom stereocenters. The number of alkyl halides is 3. The number of likely N-dealkylation sites (N-methyl/N-ethyl adjacent to an activating group) is 1. The van der Waals surface area contributed by atoms with E-state index in [1.807, 2.05) is 59.4 Å². The Balaban J connectivity index is 0.647. The molecule has 25 heteroatoms. The molecule has 4 saturated heterocycles. The maximum atomic E-state index is 13.6. The Morgan fingerprint density at radius 3 is 2.39 bits per heavy atom. The highest BCUT2D eigenvalue weighted by Crippen LogP contribution is 2.39. The first-order chi connectivity index (χ1) is 42.9. The van der Waals surface area contributed by atoms with Crippen LogP contribution in [-0.4, -0.2) is 212 Å². The van der Waals surface area contributed by atoms with E-state index >= 15 is 0 Å². The number of halogens is 4. The Morgan fingerprint density at radius 2 is 1.66 bits per heavy atom. The van der Waals surface area contributed by atoms with E-state index in [4.69, 9.17) is 31.0 Å². The number of benzene rings is 4. The van der Waals surface area contributed by atoms with Gasteiger partial charge in [0.05, 0.1) is 41.4 Å². The van der Waals surface area contributed by atoms with Gasteiger partial charge in [0.15, 0.2) is 5.82 Å². The summed E-state index contributed by atoms with van der Waals surface area (Å²) in [4.78, 5) is 52.3. The van der Waals surface area contributed by atoms with Gasteiger partial charge in [-0.1, -0.05) is 61.5 Å². The van der Waals surface area contributed by atoms with Crippen LogP contribution >= 0.6 is 11.6 Å². The molecular formula is C64H76ClF3N14O7. The topological polar surface area (TPSA) is 228 Å². The van der Waals surface area contributed by atoms with Crippen LogP contribution < -0.4 is 19.9 Å². The zero-order valence-electron chi connectivity index (χ0n) is 50.2. The van der Waals surface area contributed by atoms with Crippen LogP contribution in [0.1, 0.15) is 65.6 Å². The molecule has 0 saturated carbocycles. The minimum Gasteiger partial charge on any atom is -0.508 e. The molecule has 0 radical (unpaired) electrons. The molecule has 0 aliphatic carbocycles. The van der Waals surface area contributed by atoms with E-state index in [0.717, 1.165) is 97.3 Å². The van der Waals surface area contributed by atoms with Crippen LogP contribution in [-0.2, 0) is 35.5 Å². The van der Waals surface area contributed by atoms with Gasteiger partial charge < -0.3 is 49.7 Å². The molecule has 0 bridgehead atoms. The summed E-state index contributed by atoms with van der Waals surface area (Å²) in [6.07, 6.45) is -0.356. The van der Waals surface area contributed by atoms with Crippen LogP contribution in [0.2, 0.25) is 5.02 Å². The Kier molecular flexibility index (Phi) is 19.5. The lowest BCUT2D eigenvalue weighted by Crippen LogP contribution is -2.56. The molecule has 7 heterocycles. The first-order valence-electron chi connectivity index (χ1n) is 30.6. The van der Waals surface area contributed by atoms with Crippen molar-refractivity contribution in [2.75, 3.05) is 115 Å². The van der Waals surface area contributed by atoms with Gasteiger partial charge in [-0.2, -0.15) is 28.4 Å². The second-order valence-electron chi connectivity index (χ2n) is 23.9. The number of amides is 2.